The highest BCUT2D eigenvalue weighted by atomic mass is 16.5. The van der Waals surface area contributed by atoms with Crippen molar-refractivity contribution < 1.29 is 9.53 Å². The molecular formula is C25H34N2O2. The average molecular weight is 395 g/mol. The van der Waals surface area contributed by atoms with Gasteiger partial charge < -0.3 is 9.64 Å². The van der Waals surface area contributed by atoms with Crippen molar-refractivity contribution in [2.45, 2.75) is 59.1 Å². The predicted octanol–water partition coefficient (Wildman–Crippen LogP) is 4.98. The topological polar surface area (TPSA) is 32.8 Å². The molecule has 4 nitrogen and oxygen atoms in total. The Hall–Kier alpha value is -2.33. The van der Waals surface area contributed by atoms with E-state index in [0.717, 1.165) is 43.9 Å². The smallest absolute Gasteiger partial charge is 0.226 e. The second kappa shape index (κ2) is 9.93. The van der Waals surface area contributed by atoms with Crippen LogP contribution in [0.15, 0.2) is 48.5 Å². The Morgan fingerprint density at radius 3 is 2.28 bits per heavy atom. The zero-order valence-corrected chi connectivity index (χ0v) is 18.2. The molecule has 1 aliphatic rings. The van der Waals surface area contributed by atoms with Crippen LogP contribution < -0.4 is 9.64 Å². The number of para-hydroxylation sites is 2. The number of nitrogens with zero attached hydrogens (tertiary/aromatic N) is 2. The van der Waals surface area contributed by atoms with E-state index in [-0.39, 0.29) is 18.1 Å². The number of aryl methyl sites for hydroxylation is 2. The third-order valence-corrected chi connectivity index (χ3v) is 5.77. The molecule has 0 saturated carbocycles. The summed E-state index contributed by atoms with van der Waals surface area (Å²) < 4.78 is 6.27. The fraction of sp³-hybridized carbons (Fsp3) is 0.480. The van der Waals surface area contributed by atoms with Crippen LogP contribution in [-0.4, -0.2) is 42.6 Å². The molecule has 1 fully saturated rings. The molecule has 0 N–H and O–H groups in total. The van der Waals surface area contributed by atoms with E-state index in [0.29, 0.717) is 6.42 Å². The number of rotatable bonds is 7. The third kappa shape index (κ3) is 5.39. The molecule has 0 bridgehead atoms. The van der Waals surface area contributed by atoms with Crippen LogP contribution in [0.4, 0.5) is 5.69 Å². The van der Waals surface area contributed by atoms with Crippen LogP contribution in [0.2, 0.25) is 0 Å². The highest BCUT2D eigenvalue weighted by Crippen LogP contribution is 2.26. The first-order valence-electron chi connectivity index (χ1n) is 10.8. The van der Waals surface area contributed by atoms with Gasteiger partial charge in [-0.05, 0) is 56.9 Å². The van der Waals surface area contributed by atoms with Gasteiger partial charge in [0.15, 0.2) is 0 Å². The van der Waals surface area contributed by atoms with Gasteiger partial charge in [-0.3, -0.25) is 9.69 Å². The van der Waals surface area contributed by atoms with Gasteiger partial charge in [0, 0.05) is 37.8 Å². The van der Waals surface area contributed by atoms with Crippen LogP contribution >= 0.6 is 0 Å². The molecule has 0 spiro atoms. The SMILES string of the molecule is CCC(=O)N(c1ccccc1)C1CCN(CC(C)Oc2c(C)cccc2C)CC1. The Kier molecular flexibility index (Phi) is 7.32. The maximum Gasteiger partial charge on any atom is 0.226 e. The van der Waals surface area contributed by atoms with Crippen molar-refractivity contribution in [1.29, 1.82) is 0 Å². The Morgan fingerprint density at radius 1 is 1.07 bits per heavy atom. The van der Waals surface area contributed by atoms with Gasteiger partial charge >= 0.3 is 0 Å². The number of hydrogen-bond acceptors (Lipinski definition) is 3. The summed E-state index contributed by atoms with van der Waals surface area (Å²) in [6, 6.07) is 16.6. The van der Waals surface area contributed by atoms with Crippen molar-refractivity contribution in [3.63, 3.8) is 0 Å². The van der Waals surface area contributed by atoms with E-state index in [4.69, 9.17) is 4.74 Å². The van der Waals surface area contributed by atoms with Crippen LogP contribution in [0.25, 0.3) is 0 Å². The van der Waals surface area contributed by atoms with Crippen LogP contribution in [0, 0.1) is 13.8 Å². The fourth-order valence-electron chi connectivity index (χ4n) is 4.26. The normalized spacial score (nSPS) is 16.4. The van der Waals surface area contributed by atoms with Crippen molar-refractivity contribution >= 4 is 11.6 Å². The third-order valence-electron chi connectivity index (χ3n) is 5.77. The number of benzene rings is 2. The molecule has 0 aromatic heterocycles. The summed E-state index contributed by atoms with van der Waals surface area (Å²) in [7, 11) is 0. The van der Waals surface area contributed by atoms with E-state index >= 15 is 0 Å². The zero-order valence-electron chi connectivity index (χ0n) is 18.2. The summed E-state index contributed by atoms with van der Waals surface area (Å²) in [5.74, 6) is 1.22. The van der Waals surface area contributed by atoms with Gasteiger partial charge in [-0.2, -0.15) is 0 Å². The lowest BCUT2D eigenvalue weighted by atomic mass is 10.0. The number of hydrogen-bond donors (Lipinski definition) is 0. The molecule has 1 atom stereocenters. The van der Waals surface area contributed by atoms with Gasteiger partial charge in [0.05, 0.1) is 0 Å². The van der Waals surface area contributed by atoms with Gasteiger partial charge in [0.2, 0.25) is 5.91 Å². The summed E-state index contributed by atoms with van der Waals surface area (Å²) >= 11 is 0. The zero-order chi connectivity index (χ0) is 20.8. The van der Waals surface area contributed by atoms with Gasteiger partial charge in [0.25, 0.3) is 0 Å². The van der Waals surface area contributed by atoms with Crippen LogP contribution in [0.5, 0.6) is 5.75 Å². The number of carbonyl (C=O) groups excluding carboxylic acids is 1. The van der Waals surface area contributed by atoms with Crippen molar-refractivity contribution in [2.75, 3.05) is 24.5 Å². The molecule has 1 amide bonds. The molecule has 0 aliphatic carbocycles. The summed E-state index contributed by atoms with van der Waals surface area (Å²) in [5, 5.41) is 0. The van der Waals surface area contributed by atoms with Gasteiger partial charge in [-0.15, -0.1) is 0 Å². The molecule has 2 aromatic carbocycles. The number of carbonyl (C=O) groups is 1. The fourth-order valence-corrected chi connectivity index (χ4v) is 4.26. The minimum Gasteiger partial charge on any atom is -0.489 e. The summed E-state index contributed by atoms with van der Waals surface area (Å²) in [6.07, 6.45) is 2.66. The number of likely N-dealkylation sites (tertiary alicyclic amines) is 1. The standard InChI is InChI=1S/C25H34N2O2/c1-5-24(28)27(22-12-7-6-8-13-22)23-14-16-26(17-15-23)18-21(4)29-25-19(2)10-9-11-20(25)3/h6-13,21,23H,5,14-18H2,1-4H3. The number of piperidine rings is 1. The highest BCUT2D eigenvalue weighted by molar-refractivity contribution is 5.93. The maximum absolute atomic E-state index is 12.6. The quantitative estimate of drug-likeness (QED) is 0.664. The Balaban J connectivity index is 1.57. The van der Waals surface area contributed by atoms with Crippen LogP contribution in [0.3, 0.4) is 0 Å². The second-order valence-corrected chi connectivity index (χ2v) is 8.13. The van der Waals surface area contributed by atoms with E-state index in [1.807, 2.05) is 42.2 Å². The van der Waals surface area contributed by atoms with E-state index in [9.17, 15) is 4.79 Å². The number of anilines is 1. The molecule has 1 aliphatic heterocycles. The van der Waals surface area contributed by atoms with E-state index in [2.05, 4.69) is 43.9 Å². The van der Waals surface area contributed by atoms with Gasteiger partial charge in [-0.1, -0.05) is 43.3 Å². The Labute approximate surface area is 175 Å². The monoisotopic (exact) mass is 394 g/mol. The molecule has 3 rings (SSSR count). The van der Waals surface area contributed by atoms with Crippen molar-refractivity contribution in [1.82, 2.24) is 4.90 Å². The second-order valence-electron chi connectivity index (χ2n) is 8.13. The van der Waals surface area contributed by atoms with Gasteiger partial charge in [-0.25, -0.2) is 0 Å². The van der Waals surface area contributed by atoms with Gasteiger partial charge in [0.1, 0.15) is 11.9 Å². The Bertz CT molecular complexity index is 777. The van der Waals surface area contributed by atoms with Crippen molar-refractivity contribution in [3.05, 3.63) is 59.7 Å². The molecule has 4 heteroatoms. The first-order chi connectivity index (χ1) is 14.0. The molecule has 2 aromatic rings. The largest absolute Gasteiger partial charge is 0.489 e. The lowest BCUT2D eigenvalue weighted by Crippen LogP contribution is -2.49. The number of amides is 1. The molecule has 29 heavy (non-hydrogen) atoms. The number of ether oxygens (including phenoxy) is 1. The molecule has 0 radical (unpaired) electrons. The molecule has 1 saturated heterocycles. The van der Waals surface area contributed by atoms with Crippen molar-refractivity contribution in [3.8, 4) is 5.75 Å². The average Bonchev–Trinajstić information content (AvgIpc) is 2.73. The first-order valence-corrected chi connectivity index (χ1v) is 10.8. The van der Waals surface area contributed by atoms with Crippen molar-refractivity contribution in [2.24, 2.45) is 0 Å². The lowest BCUT2D eigenvalue weighted by molar-refractivity contribution is -0.119. The highest BCUT2D eigenvalue weighted by Gasteiger charge is 2.29. The van der Waals surface area contributed by atoms with E-state index in [1.165, 1.54) is 11.1 Å². The first kappa shape index (κ1) is 21.4. The van der Waals surface area contributed by atoms with Crippen LogP contribution in [0.1, 0.15) is 44.2 Å². The summed E-state index contributed by atoms with van der Waals surface area (Å²) in [4.78, 5) is 17.1. The minimum absolute atomic E-state index is 0.133. The van der Waals surface area contributed by atoms with Crippen LogP contribution in [-0.2, 0) is 4.79 Å². The maximum atomic E-state index is 12.6. The summed E-state index contributed by atoms with van der Waals surface area (Å²) in [6.45, 7) is 11.2. The van der Waals surface area contributed by atoms with E-state index in [1.54, 1.807) is 0 Å². The molecule has 1 unspecified atom stereocenters. The molecule has 156 valence electrons. The molecular weight excluding hydrogens is 360 g/mol. The Morgan fingerprint density at radius 2 is 1.69 bits per heavy atom. The lowest BCUT2D eigenvalue weighted by Gasteiger charge is -2.39. The summed E-state index contributed by atoms with van der Waals surface area (Å²) in [5.41, 5.74) is 3.39. The molecule has 1 heterocycles. The predicted molar refractivity (Wildman–Crippen MR) is 120 cm³/mol. The minimum atomic E-state index is 0.133. The van der Waals surface area contributed by atoms with E-state index < -0.39 is 0 Å².